The average molecular weight is 219 g/mol. The van der Waals surface area contributed by atoms with E-state index in [1.807, 2.05) is 0 Å². The number of hydrogen-bond donors (Lipinski definition) is 1. The molecule has 1 rings (SSSR count). The standard InChI is InChI=1S/C10H12F3NO/c1-2-9(10(11,12)13)6-4-3-5-7(9)8(14)15/h3-7H,2H2,1H3,(H2,14,15). The lowest BCUT2D eigenvalue weighted by molar-refractivity contribution is -0.219. The molecule has 0 saturated heterocycles. The van der Waals surface area contributed by atoms with Gasteiger partial charge in [0.05, 0.1) is 11.3 Å². The van der Waals surface area contributed by atoms with Crippen molar-refractivity contribution in [2.75, 3.05) is 0 Å². The zero-order valence-electron chi connectivity index (χ0n) is 8.21. The van der Waals surface area contributed by atoms with Crippen molar-refractivity contribution < 1.29 is 18.0 Å². The zero-order valence-corrected chi connectivity index (χ0v) is 8.21. The molecule has 2 atom stereocenters. The van der Waals surface area contributed by atoms with Crippen LogP contribution in [0.2, 0.25) is 0 Å². The summed E-state index contributed by atoms with van der Waals surface area (Å²) in [6.07, 6.45) is 0.265. The maximum absolute atomic E-state index is 12.9. The van der Waals surface area contributed by atoms with Crippen LogP contribution >= 0.6 is 0 Å². The number of amides is 1. The summed E-state index contributed by atoms with van der Waals surface area (Å²) in [6, 6.07) is 0. The normalized spacial score (nSPS) is 30.5. The number of carbonyl (C=O) groups excluding carboxylic acids is 1. The van der Waals surface area contributed by atoms with Gasteiger partial charge in [-0.3, -0.25) is 4.79 Å². The first-order valence-corrected chi connectivity index (χ1v) is 4.57. The molecule has 84 valence electrons. The van der Waals surface area contributed by atoms with E-state index >= 15 is 0 Å². The van der Waals surface area contributed by atoms with Gasteiger partial charge in [0, 0.05) is 0 Å². The summed E-state index contributed by atoms with van der Waals surface area (Å²) in [5.74, 6) is -2.26. The first-order chi connectivity index (χ1) is 6.85. The Morgan fingerprint density at radius 3 is 2.40 bits per heavy atom. The van der Waals surface area contributed by atoms with E-state index in [9.17, 15) is 18.0 Å². The molecule has 0 aliphatic heterocycles. The van der Waals surface area contributed by atoms with Crippen LogP contribution in [0.1, 0.15) is 13.3 Å². The van der Waals surface area contributed by atoms with Crippen molar-refractivity contribution in [1.82, 2.24) is 0 Å². The van der Waals surface area contributed by atoms with Crippen LogP contribution in [0.4, 0.5) is 13.2 Å². The minimum Gasteiger partial charge on any atom is -0.369 e. The Morgan fingerprint density at radius 1 is 1.47 bits per heavy atom. The molecule has 5 heteroatoms. The molecule has 0 aromatic carbocycles. The average Bonchev–Trinajstić information content (AvgIpc) is 2.15. The van der Waals surface area contributed by atoms with E-state index in [2.05, 4.69) is 0 Å². The van der Waals surface area contributed by atoms with E-state index in [-0.39, 0.29) is 6.42 Å². The molecule has 1 amide bonds. The van der Waals surface area contributed by atoms with E-state index in [0.29, 0.717) is 0 Å². The predicted octanol–water partition coefficient (Wildman–Crippen LogP) is 2.17. The van der Waals surface area contributed by atoms with Crippen molar-refractivity contribution in [2.24, 2.45) is 17.1 Å². The maximum Gasteiger partial charge on any atom is 0.398 e. The highest BCUT2D eigenvalue weighted by Gasteiger charge is 2.57. The minimum atomic E-state index is -4.47. The van der Waals surface area contributed by atoms with Crippen LogP contribution in [0.25, 0.3) is 0 Å². The first-order valence-electron chi connectivity index (χ1n) is 4.57. The van der Waals surface area contributed by atoms with Gasteiger partial charge in [-0.25, -0.2) is 0 Å². The van der Waals surface area contributed by atoms with Crippen molar-refractivity contribution in [2.45, 2.75) is 19.5 Å². The van der Waals surface area contributed by atoms with Gasteiger partial charge in [-0.05, 0) is 6.42 Å². The smallest absolute Gasteiger partial charge is 0.369 e. The number of hydrogen-bond acceptors (Lipinski definition) is 1. The Morgan fingerprint density at radius 2 is 2.07 bits per heavy atom. The topological polar surface area (TPSA) is 43.1 Å². The summed E-state index contributed by atoms with van der Waals surface area (Å²) in [7, 11) is 0. The fraction of sp³-hybridized carbons (Fsp3) is 0.500. The van der Waals surface area contributed by atoms with E-state index in [1.165, 1.54) is 25.2 Å². The van der Waals surface area contributed by atoms with Crippen molar-refractivity contribution >= 4 is 5.91 Å². The highest BCUT2D eigenvalue weighted by molar-refractivity contribution is 5.80. The molecule has 0 aromatic heterocycles. The number of alkyl halides is 3. The Bertz CT molecular complexity index is 319. The zero-order chi connectivity index (χ0) is 11.7. The maximum atomic E-state index is 12.9. The van der Waals surface area contributed by atoms with Crippen LogP contribution < -0.4 is 5.73 Å². The largest absolute Gasteiger partial charge is 0.398 e. The molecule has 1 aliphatic rings. The lowest BCUT2D eigenvalue weighted by Gasteiger charge is -2.37. The number of rotatable bonds is 2. The molecular formula is C10H12F3NO. The number of halogens is 3. The van der Waals surface area contributed by atoms with Gasteiger partial charge in [-0.1, -0.05) is 31.2 Å². The molecule has 0 bridgehead atoms. The number of nitrogens with two attached hydrogens (primary N) is 1. The third-order valence-corrected chi connectivity index (χ3v) is 2.78. The van der Waals surface area contributed by atoms with Gasteiger partial charge in [0.15, 0.2) is 0 Å². The van der Waals surface area contributed by atoms with E-state index in [1.54, 1.807) is 0 Å². The van der Waals surface area contributed by atoms with E-state index in [0.717, 1.165) is 6.08 Å². The molecule has 0 saturated carbocycles. The Balaban J connectivity index is 3.22. The fourth-order valence-electron chi connectivity index (χ4n) is 1.84. The van der Waals surface area contributed by atoms with Crippen LogP contribution in [0.5, 0.6) is 0 Å². The minimum absolute atomic E-state index is 0.203. The quantitative estimate of drug-likeness (QED) is 0.759. The number of primary amides is 1. The predicted molar refractivity (Wildman–Crippen MR) is 49.7 cm³/mol. The summed E-state index contributed by atoms with van der Waals surface area (Å²) >= 11 is 0. The van der Waals surface area contributed by atoms with Gasteiger partial charge < -0.3 is 5.73 Å². The third-order valence-electron chi connectivity index (χ3n) is 2.78. The Kier molecular flexibility index (Phi) is 2.93. The van der Waals surface area contributed by atoms with Crippen LogP contribution in [0, 0.1) is 11.3 Å². The van der Waals surface area contributed by atoms with Crippen molar-refractivity contribution in [1.29, 1.82) is 0 Å². The van der Waals surface area contributed by atoms with Gasteiger partial charge in [-0.15, -0.1) is 0 Å². The second-order valence-electron chi connectivity index (χ2n) is 3.52. The first kappa shape index (κ1) is 11.8. The molecule has 0 heterocycles. The monoisotopic (exact) mass is 219 g/mol. The Hall–Kier alpha value is -1.26. The van der Waals surface area contributed by atoms with Crippen LogP contribution in [-0.4, -0.2) is 12.1 Å². The molecule has 2 N–H and O–H groups in total. The third kappa shape index (κ3) is 1.78. The highest BCUT2D eigenvalue weighted by atomic mass is 19.4. The molecular weight excluding hydrogens is 207 g/mol. The summed E-state index contributed by atoms with van der Waals surface area (Å²) in [5.41, 5.74) is 2.85. The van der Waals surface area contributed by atoms with Gasteiger partial charge in [0.1, 0.15) is 0 Å². The molecule has 2 nitrogen and oxygen atoms in total. The Labute approximate surface area is 85.6 Å². The van der Waals surface area contributed by atoms with E-state index < -0.39 is 23.4 Å². The van der Waals surface area contributed by atoms with Crippen molar-refractivity contribution in [3.8, 4) is 0 Å². The summed E-state index contributed by atoms with van der Waals surface area (Å²) < 4.78 is 38.7. The van der Waals surface area contributed by atoms with Crippen LogP contribution in [0.3, 0.4) is 0 Å². The van der Waals surface area contributed by atoms with Crippen molar-refractivity contribution in [3.63, 3.8) is 0 Å². The van der Waals surface area contributed by atoms with Gasteiger partial charge in [0.25, 0.3) is 0 Å². The molecule has 1 aliphatic carbocycles. The number of allylic oxidation sites excluding steroid dienone is 3. The fourth-order valence-corrected chi connectivity index (χ4v) is 1.84. The second kappa shape index (κ2) is 3.72. The molecule has 0 aromatic rings. The van der Waals surface area contributed by atoms with Gasteiger partial charge >= 0.3 is 6.18 Å². The molecule has 0 fully saturated rings. The van der Waals surface area contributed by atoms with E-state index in [4.69, 9.17) is 5.73 Å². The molecule has 0 spiro atoms. The molecule has 2 unspecified atom stereocenters. The van der Waals surface area contributed by atoms with Gasteiger partial charge in [-0.2, -0.15) is 13.2 Å². The SMILES string of the molecule is CCC1(C(F)(F)F)C=CC=CC1C(N)=O. The lowest BCUT2D eigenvalue weighted by Crippen LogP contribution is -2.47. The number of carbonyl (C=O) groups is 1. The molecule has 15 heavy (non-hydrogen) atoms. The van der Waals surface area contributed by atoms with Crippen LogP contribution in [-0.2, 0) is 4.79 Å². The lowest BCUT2D eigenvalue weighted by atomic mass is 9.70. The summed E-state index contributed by atoms with van der Waals surface area (Å²) in [6.45, 7) is 1.40. The van der Waals surface area contributed by atoms with Crippen molar-refractivity contribution in [3.05, 3.63) is 24.3 Å². The second-order valence-corrected chi connectivity index (χ2v) is 3.52. The van der Waals surface area contributed by atoms with Crippen LogP contribution in [0.15, 0.2) is 24.3 Å². The summed E-state index contributed by atoms with van der Waals surface area (Å²) in [5, 5.41) is 0. The van der Waals surface area contributed by atoms with Gasteiger partial charge in [0.2, 0.25) is 5.91 Å². The summed E-state index contributed by atoms with van der Waals surface area (Å²) in [4.78, 5) is 11.0. The highest BCUT2D eigenvalue weighted by Crippen LogP contribution is 2.49. The molecule has 0 radical (unpaired) electrons.